The predicted molar refractivity (Wildman–Crippen MR) is 113 cm³/mol. The van der Waals surface area contributed by atoms with Gasteiger partial charge in [-0.15, -0.1) is 11.3 Å². The number of sulfonamides is 1. The van der Waals surface area contributed by atoms with Crippen LogP contribution in [0.5, 0.6) is 0 Å². The smallest absolute Gasteiger partial charge is 0.248 e. The maximum Gasteiger partial charge on any atom is 0.248 e. The van der Waals surface area contributed by atoms with Gasteiger partial charge in [-0.1, -0.05) is 17.3 Å². The Morgan fingerprint density at radius 1 is 1.23 bits per heavy atom. The van der Waals surface area contributed by atoms with Crippen molar-refractivity contribution in [1.29, 1.82) is 0 Å². The van der Waals surface area contributed by atoms with Crippen molar-refractivity contribution in [2.45, 2.75) is 25.2 Å². The number of aromatic nitrogens is 2. The number of amides is 1. The normalized spacial score (nSPS) is 15.4. The van der Waals surface area contributed by atoms with E-state index in [1.807, 2.05) is 0 Å². The summed E-state index contributed by atoms with van der Waals surface area (Å²) in [5, 5.41) is 6.16. The largest absolute Gasteiger partial charge is 0.360 e. The third-order valence-corrected chi connectivity index (χ3v) is 8.20. The second kappa shape index (κ2) is 8.48. The molecule has 0 aliphatic carbocycles. The first-order valence-corrected chi connectivity index (χ1v) is 12.0. The lowest BCUT2D eigenvalue weighted by atomic mass is 10.2. The molecule has 1 saturated heterocycles. The van der Waals surface area contributed by atoms with Crippen molar-refractivity contribution < 1.29 is 22.1 Å². The highest BCUT2D eigenvalue weighted by Gasteiger charge is 2.34. The number of thiazole rings is 1. The summed E-state index contributed by atoms with van der Waals surface area (Å²) in [5.74, 6) is -0.200. The minimum atomic E-state index is -3.72. The van der Waals surface area contributed by atoms with Gasteiger partial charge in [0.05, 0.1) is 12.1 Å². The molecular weight excluding hydrogens is 443 g/mol. The average Bonchev–Trinajstić information content (AvgIpc) is 3.34. The number of nitrogens with zero attached hydrogens (tertiary/aromatic N) is 4. The van der Waals surface area contributed by atoms with E-state index in [4.69, 9.17) is 4.52 Å². The summed E-state index contributed by atoms with van der Waals surface area (Å²) in [5.41, 5.74) is 1.61. The van der Waals surface area contributed by atoms with Gasteiger partial charge in [0.15, 0.2) is 5.76 Å². The number of hydrogen-bond donors (Lipinski definition) is 0. The van der Waals surface area contributed by atoms with Crippen LogP contribution in [0, 0.1) is 19.7 Å². The lowest BCUT2D eigenvalue weighted by Crippen LogP contribution is -2.51. The van der Waals surface area contributed by atoms with Gasteiger partial charge < -0.3 is 9.42 Å². The van der Waals surface area contributed by atoms with Crippen LogP contribution < -0.4 is 0 Å². The Balaban J connectivity index is 1.38. The lowest BCUT2D eigenvalue weighted by Gasteiger charge is -2.33. The van der Waals surface area contributed by atoms with Gasteiger partial charge in [0.1, 0.15) is 21.4 Å². The van der Waals surface area contributed by atoms with Gasteiger partial charge >= 0.3 is 0 Å². The molecule has 0 atom stereocenters. The van der Waals surface area contributed by atoms with Crippen molar-refractivity contribution in [3.05, 3.63) is 52.6 Å². The summed E-state index contributed by atoms with van der Waals surface area (Å²) < 4.78 is 45.6. The third kappa shape index (κ3) is 4.39. The first-order chi connectivity index (χ1) is 14.8. The number of carbonyl (C=O) groups is 1. The maximum atomic E-state index is 13.4. The Bertz CT molecular complexity index is 1190. The molecule has 1 amide bonds. The summed E-state index contributed by atoms with van der Waals surface area (Å²) in [6.07, 6.45) is 0.114. The van der Waals surface area contributed by atoms with E-state index >= 15 is 0 Å². The van der Waals surface area contributed by atoms with Gasteiger partial charge in [-0.3, -0.25) is 4.79 Å². The zero-order valence-corrected chi connectivity index (χ0v) is 18.7. The van der Waals surface area contributed by atoms with Crippen LogP contribution in [0.4, 0.5) is 4.39 Å². The highest BCUT2D eigenvalue weighted by atomic mass is 32.2. The zero-order chi connectivity index (χ0) is 22.2. The van der Waals surface area contributed by atoms with Crippen LogP contribution in [-0.4, -0.2) is 59.8 Å². The molecule has 1 aliphatic heterocycles. The summed E-state index contributed by atoms with van der Waals surface area (Å²) in [6, 6.07) is 6.16. The number of benzene rings is 1. The molecule has 3 aromatic rings. The van der Waals surface area contributed by atoms with Crippen molar-refractivity contribution in [2.24, 2.45) is 0 Å². The molecule has 11 heteroatoms. The molecule has 0 bridgehead atoms. The van der Waals surface area contributed by atoms with Crippen LogP contribution >= 0.6 is 11.3 Å². The van der Waals surface area contributed by atoms with Gasteiger partial charge in [0.2, 0.25) is 15.9 Å². The quantitative estimate of drug-likeness (QED) is 0.576. The molecule has 31 heavy (non-hydrogen) atoms. The van der Waals surface area contributed by atoms with E-state index in [0.717, 1.165) is 0 Å². The molecule has 4 rings (SSSR count). The van der Waals surface area contributed by atoms with Gasteiger partial charge in [-0.2, -0.15) is 4.31 Å². The van der Waals surface area contributed by atoms with Crippen molar-refractivity contribution in [3.63, 3.8) is 0 Å². The molecule has 1 aromatic carbocycles. The monoisotopic (exact) mass is 464 g/mol. The number of piperazine rings is 1. The molecule has 1 fully saturated rings. The lowest BCUT2D eigenvalue weighted by molar-refractivity contribution is -0.131. The summed E-state index contributed by atoms with van der Waals surface area (Å²) >= 11 is 1.35. The fraction of sp³-hybridized carbons (Fsp3) is 0.350. The van der Waals surface area contributed by atoms with Crippen molar-refractivity contribution in [1.82, 2.24) is 19.3 Å². The van der Waals surface area contributed by atoms with Crippen molar-refractivity contribution >= 4 is 27.3 Å². The molecule has 2 aromatic heterocycles. The Hall–Kier alpha value is -2.63. The second-order valence-electron chi connectivity index (χ2n) is 7.27. The zero-order valence-electron chi connectivity index (χ0n) is 17.0. The molecular formula is C20H21FN4O4S2. The predicted octanol–water partition coefficient (Wildman–Crippen LogP) is 2.63. The van der Waals surface area contributed by atoms with E-state index in [1.165, 1.54) is 27.8 Å². The second-order valence-corrected chi connectivity index (χ2v) is 10.0. The number of aryl methyl sites for hydroxylation is 2. The number of carbonyl (C=O) groups excluding carboxylic acids is 1. The molecule has 1 aliphatic rings. The summed E-state index contributed by atoms with van der Waals surface area (Å²) in [4.78, 5) is 18.9. The molecule has 0 unspecified atom stereocenters. The Labute approximate surface area is 183 Å². The topological polar surface area (TPSA) is 96.6 Å². The van der Waals surface area contributed by atoms with E-state index in [9.17, 15) is 17.6 Å². The first kappa shape index (κ1) is 21.6. The van der Waals surface area contributed by atoms with Crippen molar-refractivity contribution in [2.75, 3.05) is 26.2 Å². The van der Waals surface area contributed by atoms with Crippen LogP contribution in [0.1, 0.15) is 17.1 Å². The van der Waals surface area contributed by atoms with Crippen LogP contribution in [-0.2, 0) is 21.2 Å². The number of halogens is 1. The standard InChI is InChI=1S/C20H21FN4O4S2/c1-13-19(14(2)29-23-13)31(27,28)25-8-6-24(7-9-25)18(26)11-17-12-30-20(22-17)15-4-3-5-16(21)10-15/h3-5,10,12H,6-9,11H2,1-2H3. The Kier molecular flexibility index (Phi) is 5.91. The van der Waals surface area contributed by atoms with E-state index < -0.39 is 10.0 Å². The van der Waals surface area contributed by atoms with Crippen LogP contribution in [0.3, 0.4) is 0 Å². The van der Waals surface area contributed by atoms with Gasteiger partial charge in [-0.05, 0) is 26.0 Å². The highest BCUT2D eigenvalue weighted by molar-refractivity contribution is 7.89. The number of hydrogen-bond acceptors (Lipinski definition) is 7. The molecule has 0 radical (unpaired) electrons. The fourth-order valence-corrected chi connectivity index (χ4v) is 6.09. The SMILES string of the molecule is Cc1noc(C)c1S(=O)(=O)N1CCN(C(=O)Cc2csc(-c3cccc(F)c3)n2)CC1. The van der Waals surface area contributed by atoms with Gasteiger partial charge in [-0.25, -0.2) is 17.8 Å². The summed E-state index contributed by atoms with van der Waals surface area (Å²) in [7, 11) is -3.72. The van der Waals surface area contributed by atoms with Crippen LogP contribution in [0.15, 0.2) is 39.1 Å². The molecule has 0 spiro atoms. The maximum absolute atomic E-state index is 13.4. The Morgan fingerprint density at radius 2 is 1.97 bits per heavy atom. The first-order valence-electron chi connectivity index (χ1n) is 9.67. The third-order valence-electron chi connectivity index (χ3n) is 5.11. The van der Waals surface area contributed by atoms with Crippen LogP contribution in [0.25, 0.3) is 10.6 Å². The van der Waals surface area contributed by atoms with E-state index in [-0.39, 0.29) is 41.9 Å². The number of rotatable bonds is 5. The van der Waals surface area contributed by atoms with Gasteiger partial charge in [0, 0.05) is 37.1 Å². The molecule has 3 heterocycles. The minimum absolute atomic E-state index is 0.0969. The van der Waals surface area contributed by atoms with Gasteiger partial charge in [0.25, 0.3) is 0 Å². The molecule has 8 nitrogen and oxygen atoms in total. The minimum Gasteiger partial charge on any atom is -0.360 e. The van der Waals surface area contributed by atoms with E-state index in [1.54, 1.807) is 36.3 Å². The molecule has 164 valence electrons. The highest BCUT2D eigenvalue weighted by Crippen LogP contribution is 2.26. The fourth-order valence-electron chi connectivity index (χ4n) is 3.56. The van der Waals surface area contributed by atoms with E-state index in [0.29, 0.717) is 35.0 Å². The molecule has 0 saturated carbocycles. The van der Waals surface area contributed by atoms with Crippen LogP contribution in [0.2, 0.25) is 0 Å². The Morgan fingerprint density at radius 3 is 2.61 bits per heavy atom. The molecule has 0 N–H and O–H groups in total. The average molecular weight is 465 g/mol. The van der Waals surface area contributed by atoms with E-state index in [2.05, 4.69) is 10.1 Å². The summed E-state index contributed by atoms with van der Waals surface area (Å²) in [6.45, 7) is 4.14. The van der Waals surface area contributed by atoms with Crippen molar-refractivity contribution in [3.8, 4) is 10.6 Å².